The van der Waals surface area contributed by atoms with Crippen molar-refractivity contribution in [1.29, 1.82) is 0 Å². The zero-order valence-corrected chi connectivity index (χ0v) is 6.97. The van der Waals surface area contributed by atoms with Crippen molar-refractivity contribution in [2.45, 2.75) is 0 Å². The van der Waals surface area contributed by atoms with E-state index in [-0.39, 0.29) is 11.5 Å². The van der Waals surface area contributed by atoms with E-state index in [1.807, 2.05) is 0 Å². The van der Waals surface area contributed by atoms with E-state index in [4.69, 9.17) is 10.2 Å². The van der Waals surface area contributed by atoms with Crippen LogP contribution in [-0.4, -0.2) is 22.6 Å². The lowest BCUT2D eigenvalue weighted by Gasteiger charge is -1.92. The Morgan fingerprint density at radius 1 is 1.31 bits per heavy atom. The van der Waals surface area contributed by atoms with E-state index in [1.54, 1.807) is 18.2 Å². The van der Waals surface area contributed by atoms with Gasteiger partial charge in [-0.15, -0.1) is 0 Å². The zero-order valence-electron chi connectivity index (χ0n) is 6.97. The van der Waals surface area contributed by atoms with E-state index in [1.165, 1.54) is 18.2 Å². The van der Waals surface area contributed by atoms with Crippen LogP contribution in [0.15, 0.2) is 30.3 Å². The summed E-state index contributed by atoms with van der Waals surface area (Å²) >= 11 is 0. The third-order valence-electron chi connectivity index (χ3n) is 1.51. The van der Waals surface area contributed by atoms with E-state index < -0.39 is 6.61 Å². The number of carbonyl (C=O) groups is 1. The molecular formula is C10H10O3. The Morgan fingerprint density at radius 3 is 2.46 bits per heavy atom. The molecule has 0 atom stereocenters. The molecule has 68 valence electrons. The van der Waals surface area contributed by atoms with Crippen LogP contribution in [0, 0.1) is 0 Å². The van der Waals surface area contributed by atoms with Gasteiger partial charge in [-0.2, -0.15) is 0 Å². The maximum absolute atomic E-state index is 10.7. The van der Waals surface area contributed by atoms with Crippen molar-refractivity contribution in [2.75, 3.05) is 6.61 Å². The predicted molar refractivity (Wildman–Crippen MR) is 49.2 cm³/mol. The zero-order chi connectivity index (χ0) is 9.68. The molecule has 0 spiro atoms. The number of aliphatic hydroxyl groups is 1. The number of aliphatic hydroxyl groups excluding tert-OH is 1. The van der Waals surface area contributed by atoms with Crippen LogP contribution in [0.1, 0.15) is 5.56 Å². The molecule has 0 unspecified atom stereocenters. The first kappa shape index (κ1) is 9.48. The molecule has 0 bridgehead atoms. The maximum atomic E-state index is 10.7. The molecule has 0 aliphatic heterocycles. The second-order valence-corrected chi connectivity index (χ2v) is 2.55. The molecule has 1 aromatic carbocycles. The van der Waals surface area contributed by atoms with Crippen LogP contribution in [-0.2, 0) is 4.79 Å². The Bertz CT molecular complexity index is 311. The molecule has 13 heavy (non-hydrogen) atoms. The summed E-state index contributed by atoms with van der Waals surface area (Å²) in [5.41, 5.74) is 0.805. The Morgan fingerprint density at radius 2 is 1.92 bits per heavy atom. The highest BCUT2D eigenvalue weighted by Crippen LogP contribution is 2.10. The average Bonchev–Trinajstić information content (AvgIpc) is 2.16. The summed E-state index contributed by atoms with van der Waals surface area (Å²) in [7, 11) is 0. The fraction of sp³-hybridized carbons (Fsp3) is 0.100. The Kier molecular flexibility index (Phi) is 3.23. The van der Waals surface area contributed by atoms with E-state index in [0.29, 0.717) is 0 Å². The fourth-order valence-corrected chi connectivity index (χ4v) is 0.827. The molecule has 0 saturated heterocycles. The van der Waals surface area contributed by atoms with E-state index >= 15 is 0 Å². The van der Waals surface area contributed by atoms with Crippen molar-refractivity contribution in [3.63, 3.8) is 0 Å². The van der Waals surface area contributed by atoms with E-state index in [0.717, 1.165) is 5.56 Å². The molecule has 3 nitrogen and oxygen atoms in total. The van der Waals surface area contributed by atoms with Gasteiger partial charge in [0.05, 0.1) is 0 Å². The van der Waals surface area contributed by atoms with Crippen LogP contribution in [0.25, 0.3) is 6.08 Å². The SMILES string of the molecule is O=C(C=Cc1ccc(O)cc1)CO. The van der Waals surface area contributed by atoms with Crippen molar-refractivity contribution in [3.8, 4) is 5.75 Å². The van der Waals surface area contributed by atoms with E-state index in [2.05, 4.69) is 0 Å². The first-order chi connectivity index (χ1) is 6.22. The summed E-state index contributed by atoms with van der Waals surface area (Å²) < 4.78 is 0. The van der Waals surface area contributed by atoms with Crippen molar-refractivity contribution in [2.24, 2.45) is 0 Å². The second kappa shape index (κ2) is 4.42. The normalized spacial score (nSPS) is 10.5. The molecule has 0 fully saturated rings. The van der Waals surface area contributed by atoms with Crippen molar-refractivity contribution < 1.29 is 15.0 Å². The van der Waals surface area contributed by atoms with Crippen LogP contribution in [0.2, 0.25) is 0 Å². The first-order valence-electron chi connectivity index (χ1n) is 3.83. The lowest BCUT2D eigenvalue weighted by Crippen LogP contribution is -1.97. The number of rotatable bonds is 3. The van der Waals surface area contributed by atoms with Gasteiger partial charge < -0.3 is 10.2 Å². The third-order valence-corrected chi connectivity index (χ3v) is 1.51. The Hall–Kier alpha value is -1.61. The summed E-state index contributed by atoms with van der Waals surface area (Å²) in [6.07, 6.45) is 2.88. The van der Waals surface area contributed by atoms with Crippen molar-refractivity contribution in [3.05, 3.63) is 35.9 Å². The van der Waals surface area contributed by atoms with Gasteiger partial charge in [0.25, 0.3) is 0 Å². The molecule has 0 aliphatic carbocycles. The van der Waals surface area contributed by atoms with Crippen LogP contribution < -0.4 is 0 Å². The number of benzene rings is 1. The standard InChI is InChI=1S/C10H10O3/c11-7-10(13)6-3-8-1-4-9(12)5-2-8/h1-6,11-12H,7H2. The second-order valence-electron chi connectivity index (χ2n) is 2.55. The van der Waals surface area contributed by atoms with Gasteiger partial charge in [0.15, 0.2) is 5.78 Å². The summed E-state index contributed by atoms with van der Waals surface area (Å²) in [6.45, 7) is -0.478. The van der Waals surface area contributed by atoms with Gasteiger partial charge in [0.2, 0.25) is 0 Å². The molecule has 0 aromatic heterocycles. The molecule has 1 aromatic rings. The number of carbonyl (C=O) groups excluding carboxylic acids is 1. The fourth-order valence-electron chi connectivity index (χ4n) is 0.827. The maximum Gasteiger partial charge on any atom is 0.181 e. The predicted octanol–water partition coefficient (Wildman–Crippen LogP) is 0.967. The van der Waals surface area contributed by atoms with Gasteiger partial charge in [0, 0.05) is 0 Å². The largest absolute Gasteiger partial charge is 0.508 e. The molecule has 0 heterocycles. The number of hydrogen-bond acceptors (Lipinski definition) is 3. The summed E-state index contributed by atoms with van der Waals surface area (Å²) in [6, 6.07) is 6.42. The Labute approximate surface area is 76.0 Å². The van der Waals surface area contributed by atoms with Gasteiger partial charge in [-0.1, -0.05) is 18.2 Å². The minimum Gasteiger partial charge on any atom is -0.508 e. The highest BCUT2D eigenvalue weighted by molar-refractivity contribution is 5.94. The third kappa shape index (κ3) is 3.09. The lowest BCUT2D eigenvalue weighted by atomic mass is 10.2. The minimum atomic E-state index is -0.478. The smallest absolute Gasteiger partial charge is 0.181 e. The van der Waals surface area contributed by atoms with Crippen LogP contribution >= 0.6 is 0 Å². The lowest BCUT2D eigenvalue weighted by molar-refractivity contribution is -0.117. The molecule has 1 rings (SSSR count). The first-order valence-corrected chi connectivity index (χ1v) is 3.83. The van der Waals surface area contributed by atoms with Gasteiger partial charge >= 0.3 is 0 Å². The quantitative estimate of drug-likeness (QED) is 0.678. The van der Waals surface area contributed by atoms with Gasteiger partial charge in [-0.05, 0) is 23.8 Å². The minimum absolute atomic E-state index is 0.186. The average molecular weight is 178 g/mol. The summed E-state index contributed by atoms with van der Waals surface area (Å²) in [5, 5.41) is 17.4. The highest BCUT2D eigenvalue weighted by Gasteiger charge is 1.91. The Balaban J connectivity index is 2.69. The van der Waals surface area contributed by atoms with E-state index in [9.17, 15) is 4.79 Å². The van der Waals surface area contributed by atoms with Crippen molar-refractivity contribution >= 4 is 11.9 Å². The van der Waals surface area contributed by atoms with Crippen LogP contribution in [0.4, 0.5) is 0 Å². The molecule has 0 saturated carbocycles. The molecule has 0 amide bonds. The molecule has 2 N–H and O–H groups in total. The molecular weight excluding hydrogens is 168 g/mol. The summed E-state index contributed by atoms with van der Waals surface area (Å²) in [5.74, 6) is -0.154. The van der Waals surface area contributed by atoms with Gasteiger partial charge in [0.1, 0.15) is 12.4 Å². The monoisotopic (exact) mass is 178 g/mol. The van der Waals surface area contributed by atoms with Crippen LogP contribution in [0.3, 0.4) is 0 Å². The van der Waals surface area contributed by atoms with Gasteiger partial charge in [-0.3, -0.25) is 4.79 Å². The number of aromatic hydroxyl groups is 1. The number of phenolic OH excluding ortho intramolecular Hbond substituents is 1. The summed E-state index contributed by atoms with van der Waals surface area (Å²) in [4.78, 5) is 10.7. The highest BCUT2D eigenvalue weighted by atomic mass is 16.3. The number of phenols is 1. The molecule has 3 heteroatoms. The molecule has 0 aliphatic rings. The van der Waals surface area contributed by atoms with Crippen LogP contribution in [0.5, 0.6) is 5.75 Å². The van der Waals surface area contributed by atoms with Crippen molar-refractivity contribution in [1.82, 2.24) is 0 Å². The topological polar surface area (TPSA) is 57.5 Å². The molecule has 0 radical (unpaired) electrons. The number of hydrogen-bond donors (Lipinski definition) is 2. The van der Waals surface area contributed by atoms with Gasteiger partial charge in [-0.25, -0.2) is 0 Å². The number of ketones is 1.